The third-order valence-electron chi connectivity index (χ3n) is 4.53. The minimum atomic E-state index is -0.686. The van der Waals surface area contributed by atoms with Gasteiger partial charge in [0.1, 0.15) is 10.5 Å². The van der Waals surface area contributed by atoms with Crippen molar-refractivity contribution in [2.45, 2.75) is 0 Å². The van der Waals surface area contributed by atoms with Crippen LogP contribution >= 0.6 is 11.3 Å². The first-order valence-electron chi connectivity index (χ1n) is 8.96. The standard InChI is InChI=1S/C21H15N3O6S/c1-29-20(27)11-6-7-12(21(28)30-2)14(9-11)22-17(25)15-10-13-18(31-15)23-16-5-3-4-8-24(16)19(13)26/h3-10H,1-2H3,(H,22,25). The molecule has 1 N–H and O–H groups in total. The number of ether oxygens (including phenoxy) is 2. The van der Waals surface area contributed by atoms with Crippen molar-refractivity contribution in [2.24, 2.45) is 0 Å². The number of carbonyl (C=O) groups is 3. The number of methoxy groups -OCH3 is 2. The number of aromatic nitrogens is 2. The maximum Gasteiger partial charge on any atom is 0.339 e. The first-order valence-corrected chi connectivity index (χ1v) is 9.77. The minimum Gasteiger partial charge on any atom is -0.465 e. The van der Waals surface area contributed by atoms with E-state index < -0.39 is 17.8 Å². The molecular weight excluding hydrogens is 422 g/mol. The van der Waals surface area contributed by atoms with Gasteiger partial charge in [-0.05, 0) is 36.4 Å². The van der Waals surface area contributed by atoms with E-state index in [2.05, 4.69) is 15.0 Å². The molecule has 3 aromatic heterocycles. The molecule has 0 unspecified atom stereocenters. The summed E-state index contributed by atoms with van der Waals surface area (Å²) < 4.78 is 10.8. The van der Waals surface area contributed by atoms with E-state index in [1.807, 2.05) is 0 Å². The molecule has 0 atom stereocenters. The monoisotopic (exact) mass is 437 g/mol. The maximum atomic E-state index is 12.9. The molecule has 31 heavy (non-hydrogen) atoms. The summed E-state index contributed by atoms with van der Waals surface area (Å²) in [5, 5.41) is 2.91. The zero-order valence-corrected chi connectivity index (χ0v) is 17.2. The fourth-order valence-corrected chi connectivity index (χ4v) is 3.95. The highest BCUT2D eigenvalue weighted by Gasteiger charge is 2.20. The summed E-state index contributed by atoms with van der Waals surface area (Å²) in [5.74, 6) is -1.88. The highest BCUT2D eigenvalue weighted by atomic mass is 32.1. The summed E-state index contributed by atoms with van der Waals surface area (Å²) in [4.78, 5) is 54.6. The summed E-state index contributed by atoms with van der Waals surface area (Å²) in [6.07, 6.45) is 1.60. The molecule has 1 amide bonds. The number of esters is 2. The lowest BCUT2D eigenvalue weighted by Gasteiger charge is -2.10. The second kappa shape index (κ2) is 8.00. The van der Waals surface area contributed by atoms with Gasteiger partial charge in [-0.15, -0.1) is 11.3 Å². The van der Waals surface area contributed by atoms with E-state index in [-0.39, 0.29) is 27.3 Å². The molecule has 0 saturated heterocycles. The number of nitrogens with zero attached hydrogens (tertiary/aromatic N) is 2. The number of fused-ring (bicyclic) bond motifs is 2. The molecule has 4 aromatic rings. The van der Waals surface area contributed by atoms with Gasteiger partial charge >= 0.3 is 11.9 Å². The number of anilines is 1. The average molecular weight is 437 g/mol. The lowest BCUT2D eigenvalue weighted by Crippen LogP contribution is -2.16. The summed E-state index contributed by atoms with van der Waals surface area (Å²) in [5.41, 5.74) is 0.458. The Balaban J connectivity index is 1.75. The molecule has 9 nitrogen and oxygen atoms in total. The van der Waals surface area contributed by atoms with Gasteiger partial charge in [-0.1, -0.05) is 6.07 Å². The number of thiophene rings is 1. The van der Waals surface area contributed by atoms with E-state index in [0.29, 0.717) is 15.9 Å². The first kappa shape index (κ1) is 20.2. The number of hydrogen-bond donors (Lipinski definition) is 1. The summed E-state index contributed by atoms with van der Waals surface area (Å²) in [6.45, 7) is 0. The van der Waals surface area contributed by atoms with E-state index in [4.69, 9.17) is 4.74 Å². The number of amides is 1. The van der Waals surface area contributed by atoms with Crippen molar-refractivity contribution in [2.75, 3.05) is 19.5 Å². The van der Waals surface area contributed by atoms with Gasteiger partial charge in [0.15, 0.2) is 0 Å². The van der Waals surface area contributed by atoms with Gasteiger partial charge < -0.3 is 14.8 Å². The Bertz CT molecular complexity index is 1420. The number of rotatable bonds is 4. The maximum absolute atomic E-state index is 12.9. The molecule has 3 heterocycles. The third kappa shape index (κ3) is 3.64. The molecule has 0 bridgehead atoms. The van der Waals surface area contributed by atoms with Crippen LogP contribution in [0.4, 0.5) is 5.69 Å². The predicted molar refractivity (Wildman–Crippen MR) is 114 cm³/mol. The highest BCUT2D eigenvalue weighted by molar-refractivity contribution is 7.20. The normalized spacial score (nSPS) is 10.8. The molecule has 156 valence electrons. The Morgan fingerprint density at radius 2 is 1.81 bits per heavy atom. The summed E-state index contributed by atoms with van der Waals surface area (Å²) >= 11 is 1.04. The van der Waals surface area contributed by atoms with Crippen LogP contribution in [0.25, 0.3) is 15.9 Å². The van der Waals surface area contributed by atoms with Crippen LogP contribution in [-0.2, 0) is 9.47 Å². The van der Waals surface area contributed by atoms with Gasteiger partial charge in [0.05, 0.1) is 41.3 Å². The number of hydrogen-bond acceptors (Lipinski definition) is 8. The SMILES string of the molecule is COC(=O)c1ccc(C(=O)OC)c(NC(=O)c2cc3c(=O)n4ccccc4nc3s2)c1. The van der Waals surface area contributed by atoms with Crippen molar-refractivity contribution in [1.29, 1.82) is 0 Å². The molecule has 0 radical (unpaired) electrons. The largest absolute Gasteiger partial charge is 0.465 e. The fourth-order valence-electron chi connectivity index (χ4n) is 3.02. The molecule has 0 aliphatic rings. The Kier molecular flexibility index (Phi) is 5.22. The van der Waals surface area contributed by atoms with Gasteiger partial charge in [0.2, 0.25) is 0 Å². The second-order valence-electron chi connectivity index (χ2n) is 6.37. The van der Waals surface area contributed by atoms with Crippen LogP contribution in [-0.4, -0.2) is 41.5 Å². The topological polar surface area (TPSA) is 116 Å². The Labute approximate surface area is 178 Å². The Morgan fingerprint density at radius 1 is 1.03 bits per heavy atom. The van der Waals surface area contributed by atoms with Crippen molar-refractivity contribution in [3.63, 3.8) is 0 Å². The van der Waals surface area contributed by atoms with Gasteiger partial charge in [-0.25, -0.2) is 14.6 Å². The molecular formula is C21H15N3O6S. The van der Waals surface area contributed by atoms with E-state index in [1.165, 1.54) is 42.9 Å². The summed E-state index contributed by atoms with van der Waals surface area (Å²) in [6, 6.07) is 10.7. The quantitative estimate of drug-likeness (QED) is 0.488. The van der Waals surface area contributed by atoms with Crippen molar-refractivity contribution in [3.8, 4) is 0 Å². The Morgan fingerprint density at radius 3 is 2.55 bits per heavy atom. The summed E-state index contributed by atoms with van der Waals surface area (Å²) in [7, 11) is 2.43. The molecule has 0 fully saturated rings. The number of carbonyl (C=O) groups excluding carboxylic acids is 3. The first-order chi connectivity index (χ1) is 14.9. The molecule has 10 heteroatoms. The molecule has 1 aromatic carbocycles. The second-order valence-corrected chi connectivity index (χ2v) is 7.40. The van der Waals surface area contributed by atoms with E-state index >= 15 is 0 Å². The molecule has 0 aliphatic carbocycles. The van der Waals surface area contributed by atoms with E-state index in [9.17, 15) is 19.2 Å². The third-order valence-corrected chi connectivity index (χ3v) is 5.56. The van der Waals surface area contributed by atoms with Crippen molar-refractivity contribution >= 4 is 50.7 Å². The fraction of sp³-hybridized carbons (Fsp3) is 0.0952. The predicted octanol–water partition coefficient (Wildman–Crippen LogP) is 2.73. The average Bonchev–Trinajstić information content (AvgIpc) is 3.22. The zero-order valence-electron chi connectivity index (χ0n) is 16.4. The molecule has 4 rings (SSSR count). The number of benzene rings is 1. The minimum absolute atomic E-state index is 0.0635. The van der Waals surface area contributed by atoms with Crippen LogP contribution in [0.2, 0.25) is 0 Å². The Hall–Kier alpha value is -4.05. The van der Waals surface area contributed by atoms with E-state index in [0.717, 1.165) is 11.3 Å². The van der Waals surface area contributed by atoms with Crippen molar-refractivity contribution < 1.29 is 23.9 Å². The van der Waals surface area contributed by atoms with Gasteiger partial charge in [0.25, 0.3) is 11.5 Å². The number of pyridine rings is 1. The van der Waals surface area contributed by atoms with Crippen LogP contribution < -0.4 is 10.9 Å². The van der Waals surface area contributed by atoms with Crippen LogP contribution in [0, 0.1) is 0 Å². The van der Waals surface area contributed by atoms with Gasteiger partial charge in [0, 0.05) is 6.20 Å². The van der Waals surface area contributed by atoms with Crippen LogP contribution in [0.1, 0.15) is 30.4 Å². The molecule has 0 spiro atoms. The molecule has 0 aliphatic heterocycles. The lowest BCUT2D eigenvalue weighted by molar-refractivity contribution is 0.0587. The van der Waals surface area contributed by atoms with Crippen LogP contribution in [0.15, 0.2) is 53.5 Å². The highest BCUT2D eigenvalue weighted by Crippen LogP contribution is 2.25. The smallest absolute Gasteiger partial charge is 0.339 e. The van der Waals surface area contributed by atoms with Crippen LogP contribution in [0.5, 0.6) is 0 Å². The number of nitrogens with one attached hydrogen (secondary N) is 1. The van der Waals surface area contributed by atoms with E-state index in [1.54, 1.807) is 24.4 Å². The zero-order chi connectivity index (χ0) is 22.1. The lowest BCUT2D eigenvalue weighted by atomic mass is 10.1. The van der Waals surface area contributed by atoms with Crippen molar-refractivity contribution in [1.82, 2.24) is 9.38 Å². The van der Waals surface area contributed by atoms with Gasteiger partial charge in [-0.2, -0.15) is 0 Å². The van der Waals surface area contributed by atoms with Crippen molar-refractivity contribution in [3.05, 3.63) is 75.0 Å². The molecule has 0 saturated carbocycles. The van der Waals surface area contributed by atoms with Gasteiger partial charge in [-0.3, -0.25) is 14.0 Å². The van der Waals surface area contributed by atoms with Crippen LogP contribution in [0.3, 0.4) is 0 Å².